The number of rotatable bonds is 8. The minimum absolute atomic E-state index is 0.0299. The molecule has 154 valence electrons. The van der Waals surface area contributed by atoms with Crippen molar-refractivity contribution in [2.75, 3.05) is 37.4 Å². The molecule has 2 amide bonds. The van der Waals surface area contributed by atoms with E-state index >= 15 is 0 Å². The molecule has 2 aromatic rings. The minimum Gasteiger partial charge on any atom is -0.486 e. The molecule has 10 nitrogen and oxygen atoms in total. The summed E-state index contributed by atoms with van der Waals surface area (Å²) in [6, 6.07) is 5.57. The van der Waals surface area contributed by atoms with Crippen molar-refractivity contribution in [1.29, 1.82) is 0 Å². The fraction of sp³-hybridized carbons (Fsp3) is 0.500. The fourth-order valence-corrected chi connectivity index (χ4v) is 3.76. The maximum Gasteiger partial charge on any atom is 0.243 e. The number of nitrogens with zero attached hydrogens (tertiary/aromatic N) is 5. The number of ether oxygens (including phenoxy) is 2. The van der Waals surface area contributed by atoms with Crippen molar-refractivity contribution >= 4 is 29.3 Å². The molecule has 1 aromatic carbocycles. The normalized spacial score (nSPS) is 15.1. The van der Waals surface area contributed by atoms with Crippen LogP contribution in [0.1, 0.15) is 25.8 Å². The summed E-state index contributed by atoms with van der Waals surface area (Å²) in [7, 11) is 0. The number of anilines is 1. The number of amides is 2. The summed E-state index contributed by atoms with van der Waals surface area (Å²) < 4.78 is 12.8. The molecule has 1 aliphatic heterocycles. The molecule has 0 radical (unpaired) electrons. The summed E-state index contributed by atoms with van der Waals surface area (Å²) in [5, 5.41) is 15.1. The second-order valence-electron chi connectivity index (χ2n) is 6.74. The number of likely N-dealkylation sites (N-methyl/N-ethyl adjacent to an activating group) is 1. The van der Waals surface area contributed by atoms with Gasteiger partial charge in [0.05, 0.1) is 18.3 Å². The third-order valence-electron chi connectivity index (χ3n) is 4.57. The van der Waals surface area contributed by atoms with E-state index in [-0.39, 0.29) is 24.1 Å². The van der Waals surface area contributed by atoms with Gasteiger partial charge in [0.1, 0.15) is 13.2 Å². The molecule has 11 heteroatoms. The van der Waals surface area contributed by atoms with Gasteiger partial charge in [0, 0.05) is 18.3 Å². The van der Waals surface area contributed by atoms with Crippen LogP contribution in [0.2, 0.25) is 0 Å². The summed E-state index contributed by atoms with van der Waals surface area (Å²) in [6.45, 7) is 3.23. The van der Waals surface area contributed by atoms with Gasteiger partial charge in [-0.3, -0.25) is 9.59 Å². The van der Waals surface area contributed by atoms with Crippen LogP contribution in [0.5, 0.6) is 11.5 Å². The number of hydrogen-bond acceptors (Lipinski definition) is 8. The van der Waals surface area contributed by atoms with E-state index in [4.69, 9.17) is 9.47 Å². The molecular weight excluding hydrogens is 396 g/mol. The van der Waals surface area contributed by atoms with Gasteiger partial charge in [0.2, 0.25) is 17.0 Å². The molecule has 0 saturated heterocycles. The average molecular weight is 418 g/mol. The Bertz CT molecular complexity index is 900. The number of aromatic nitrogens is 4. The maximum atomic E-state index is 12.6. The zero-order valence-corrected chi connectivity index (χ0v) is 16.9. The van der Waals surface area contributed by atoms with E-state index in [1.54, 1.807) is 22.9 Å². The lowest BCUT2D eigenvalue weighted by Gasteiger charge is -2.21. The smallest absolute Gasteiger partial charge is 0.243 e. The first kappa shape index (κ1) is 19.5. The lowest BCUT2D eigenvalue weighted by molar-refractivity contribution is -0.132. The molecule has 0 bridgehead atoms. The number of carbonyl (C=O) groups excluding carboxylic acids is 2. The van der Waals surface area contributed by atoms with Crippen molar-refractivity contribution in [3.63, 3.8) is 0 Å². The first-order valence-corrected chi connectivity index (χ1v) is 10.5. The largest absolute Gasteiger partial charge is 0.486 e. The molecule has 2 aliphatic rings. The number of carbonyl (C=O) groups is 2. The van der Waals surface area contributed by atoms with Gasteiger partial charge in [-0.2, -0.15) is 0 Å². The average Bonchev–Trinajstić information content (AvgIpc) is 3.47. The zero-order chi connectivity index (χ0) is 20.2. The molecule has 0 unspecified atom stereocenters. The number of fused-ring (bicyclic) bond motifs is 1. The Morgan fingerprint density at radius 3 is 2.83 bits per heavy atom. The summed E-state index contributed by atoms with van der Waals surface area (Å²) >= 11 is 1.29. The predicted octanol–water partition coefficient (Wildman–Crippen LogP) is 1.36. The van der Waals surface area contributed by atoms with Crippen molar-refractivity contribution in [2.24, 2.45) is 0 Å². The van der Waals surface area contributed by atoms with E-state index in [0.29, 0.717) is 48.1 Å². The second kappa shape index (κ2) is 8.68. The Morgan fingerprint density at radius 2 is 2.07 bits per heavy atom. The van der Waals surface area contributed by atoms with Crippen molar-refractivity contribution in [1.82, 2.24) is 25.1 Å². The second-order valence-corrected chi connectivity index (χ2v) is 7.68. The highest BCUT2D eigenvalue weighted by Gasteiger charge is 2.28. The van der Waals surface area contributed by atoms with Crippen LogP contribution < -0.4 is 14.8 Å². The van der Waals surface area contributed by atoms with Gasteiger partial charge >= 0.3 is 0 Å². The van der Waals surface area contributed by atoms with E-state index in [1.807, 2.05) is 6.92 Å². The molecule has 1 aromatic heterocycles. The lowest BCUT2D eigenvalue weighted by atomic mass is 10.2. The van der Waals surface area contributed by atoms with E-state index < -0.39 is 0 Å². The van der Waals surface area contributed by atoms with Crippen molar-refractivity contribution in [3.05, 3.63) is 18.2 Å². The van der Waals surface area contributed by atoms with Gasteiger partial charge in [-0.15, -0.1) is 5.10 Å². The van der Waals surface area contributed by atoms with Crippen LogP contribution in [0.4, 0.5) is 5.69 Å². The summed E-state index contributed by atoms with van der Waals surface area (Å²) in [5.74, 6) is 1.02. The summed E-state index contributed by atoms with van der Waals surface area (Å²) in [6.07, 6.45) is 2.13. The van der Waals surface area contributed by atoms with Gasteiger partial charge < -0.3 is 19.7 Å². The third kappa shape index (κ3) is 4.78. The molecule has 0 atom stereocenters. The monoisotopic (exact) mass is 418 g/mol. The Kier molecular flexibility index (Phi) is 5.84. The van der Waals surface area contributed by atoms with Crippen LogP contribution >= 0.6 is 11.8 Å². The fourth-order valence-electron chi connectivity index (χ4n) is 2.92. The van der Waals surface area contributed by atoms with Gasteiger partial charge in [0.25, 0.3) is 0 Å². The van der Waals surface area contributed by atoms with E-state index in [1.165, 1.54) is 16.7 Å². The highest BCUT2D eigenvalue weighted by molar-refractivity contribution is 7.99. The van der Waals surface area contributed by atoms with Crippen LogP contribution in [-0.2, 0) is 9.59 Å². The predicted molar refractivity (Wildman–Crippen MR) is 105 cm³/mol. The molecule has 1 aliphatic carbocycles. The number of nitrogens with one attached hydrogen (secondary N) is 1. The molecule has 29 heavy (non-hydrogen) atoms. The Balaban J connectivity index is 1.30. The number of thioether (sulfide) groups is 1. The van der Waals surface area contributed by atoms with Crippen LogP contribution in [0.25, 0.3) is 0 Å². The Labute approximate surface area is 171 Å². The van der Waals surface area contributed by atoms with Gasteiger partial charge in [0.15, 0.2) is 11.5 Å². The molecule has 1 saturated carbocycles. The maximum absolute atomic E-state index is 12.6. The molecule has 0 spiro atoms. The Morgan fingerprint density at radius 1 is 1.28 bits per heavy atom. The van der Waals surface area contributed by atoms with E-state index in [2.05, 4.69) is 20.8 Å². The lowest BCUT2D eigenvalue weighted by Crippen LogP contribution is -2.38. The number of benzene rings is 1. The van der Waals surface area contributed by atoms with Crippen LogP contribution in [0, 0.1) is 0 Å². The highest BCUT2D eigenvalue weighted by atomic mass is 32.2. The first-order valence-electron chi connectivity index (χ1n) is 9.52. The summed E-state index contributed by atoms with van der Waals surface area (Å²) in [4.78, 5) is 26.5. The number of tetrazole rings is 1. The first-order chi connectivity index (χ1) is 14.1. The molecule has 1 fully saturated rings. The molecule has 4 rings (SSSR count). The van der Waals surface area contributed by atoms with Crippen LogP contribution in [-0.4, -0.2) is 69.0 Å². The zero-order valence-electron chi connectivity index (χ0n) is 16.0. The van der Waals surface area contributed by atoms with Gasteiger partial charge in [-0.1, -0.05) is 11.8 Å². The SMILES string of the molecule is CCN(CC(=O)Nc1ccc2c(c1)OCCO2)C(=O)CSc1nnnn1C1CC1. The van der Waals surface area contributed by atoms with E-state index in [0.717, 1.165) is 12.8 Å². The topological polar surface area (TPSA) is 111 Å². The summed E-state index contributed by atoms with van der Waals surface area (Å²) in [5.41, 5.74) is 0.598. The van der Waals surface area contributed by atoms with Crippen LogP contribution in [0.15, 0.2) is 23.4 Å². The van der Waals surface area contributed by atoms with Crippen molar-refractivity contribution in [3.8, 4) is 11.5 Å². The van der Waals surface area contributed by atoms with Crippen molar-refractivity contribution < 1.29 is 19.1 Å². The van der Waals surface area contributed by atoms with Gasteiger partial charge in [-0.25, -0.2) is 4.68 Å². The quantitative estimate of drug-likeness (QED) is 0.640. The minimum atomic E-state index is -0.273. The third-order valence-corrected chi connectivity index (χ3v) is 5.49. The molecule has 2 heterocycles. The van der Waals surface area contributed by atoms with Crippen molar-refractivity contribution in [2.45, 2.75) is 31.0 Å². The molecule has 1 N–H and O–H groups in total. The number of hydrogen-bond donors (Lipinski definition) is 1. The highest BCUT2D eigenvalue weighted by Crippen LogP contribution is 2.36. The van der Waals surface area contributed by atoms with Crippen LogP contribution in [0.3, 0.4) is 0 Å². The van der Waals surface area contributed by atoms with E-state index in [9.17, 15) is 9.59 Å². The molecular formula is C18H22N6O4S. The Hall–Kier alpha value is -2.82. The van der Waals surface area contributed by atoms with Gasteiger partial charge in [-0.05, 0) is 42.3 Å². The standard InChI is InChI=1S/C18H22N6O4S/c1-2-23(17(26)11-29-18-20-21-22-24(18)13-4-5-13)10-16(25)19-12-3-6-14-15(9-12)28-8-7-27-14/h3,6,9,13H,2,4-5,7-8,10-11H2,1H3,(H,19,25).